The minimum absolute atomic E-state index is 0.287. The fraction of sp³-hybridized carbons (Fsp3) is 0.562. The first-order valence-corrected chi connectivity index (χ1v) is 16.7. The third-order valence-electron chi connectivity index (χ3n) is 8.76. The lowest BCUT2D eigenvalue weighted by Crippen LogP contribution is -2.22. The van der Waals surface area contributed by atoms with Crippen LogP contribution in [0.15, 0.2) is 55.1 Å². The number of ether oxygens (including phenoxy) is 1. The van der Waals surface area contributed by atoms with Gasteiger partial charge in [-0.15, -0.1) is 6.58 Å². The van der Waals surface area contributed by atoms with Gasteiger partial charge in [0.2, 0.25) is 0 Å². The Morgan fingerprint density at radius 3 is 2.20 bits per heavy atom. The number of halogens is 1. The Labute approximate surface area is 214 Å². The Hall–Kier alpha value is -1.87. The fourth-order valence-corrected chi connectivity index (χ4v) is 10.1. The maximum atomic E-state index is 14.3. The summed E-state index contributed by atoms with van der Waals surface area (Å²) in [6.45, 7) is 6.22. The first-order valence-electron chi connectivity index (χ1n) is 14.3. The first kappa shape index (κ1) is 26.2. The Morgan fingerprint density at radius 2 is 1.57 bits per heavy atom. The maximum Gasteiger partial charge on any atom is 0.165 e. The average molecular weight is 493 g/mol. The fourth-order valence-electron chi connectivity index (χ4n) is 6.52. The summed E-state index contributed by atoms with van der Waals surface area (Å²) in [4.78, 5) is 0. The number of rotatable bonds is 11. The van der Waals surface area contributed by atoms with E-state index in [4.69, 9.17) is 4.74 Å². The van der Waals surface area contributed by atoms with Crippen LogP contribution in [0.4, 0.5) is 4.39 Å². The molecule has 2 aliphatic rings. The molecule has 0 atom stereocenters. The molecule has 4 rings (SSSR count). The zero-order chi connectivity index (χ0) is 24.5. The number of unbranched alkanes of at least 4 members (excludes halogenated alkanes) is 1. The molecule has 0 bridgehead atoms. The number of benzene rings is 2. The van der Waals surface area contributed by atoms with E-state index < -0.39 is 8.80 Å². The van der Waals surface area contributed by atoms with Crippen LogP contribution in [0.5, 0.6) is 5.75 Å². The summed E-state index contributed by atoms with van der Waals surface area (Å²) in [7, 11) is -0.403. The van der Waals surface area contributed by atoms with E-state index in [1.54, 1.807) is 30.3 Å². The van der Waals surface area contributed by atoms with Gasteiger partial charge in [0.25, 0.3) is 0 Å². The molecule has 2 aromatic rings. The molecule has 0 aromatic heterocycles. The van der Waals surface area contributed by atoms with Crippen molar-refractivity contribution in [2.24, 2.45) is 11.8 Å². The summed E-state index contributed by atoms with van der Waals surface area (Å²) < 4.78 is 19.6. The van der Waals surface area contributed by atoms with E-state index in [2.05, 4.69) is 36.9 Å². The van der Waals surface area contributed by atoms with Crippen molar-refractivity contribution in [1.29, 1.82) is 0 Å². The predicted molar refractivity (Wildman–Crippen MR) is 151 cm³/mol. The summed E-state index contributed by atoms with van der Waals surface area (Å²) in [5, 5.41) is 0. The second kappa shape index (κ2) is 13.4. The van der Waals surface area contributed by atoms with Crippen LogP contribution in [0.2, 0.25) is 18.1 Å². The lowest BCUT2D eigenvalue weighted by atomic mass is 9.76. The van der Waals surface area contributed by atoms with Crippen molar-refractivity contribution in [2.75, 3.05) is 6.61 Å². The molecule has 0 radical (unpaired) electrons. The Morgan fingerprint density at radius 1 is 0.914 bits per heavy atom. The first-order chi connectivity index (χ1) is 17.2. The van der Waals surface area contributed by atoms with Gasteiger partial charge in [-0.3, -0.25) is 0 Å². The van der Waals surface area contributed by atoms with Gasteiger partial charge in [0.15, 0.2) is 11.6 Å². The molecule has 2 fully saturated rings. The highest BCUT2D eigenvalue weighted by Gasteiger charge is 2.25. The molecule has 1 aliphatic heterocycles. The number of hydrogen-bond acceptors (Lipinski definition) is 1. The van der Waals surface area contributed by atoms with E-state index in [9.17, 15) is 4.39 Å². The van der Waals surface area contributed by atoms with Crippen LogP contribution in [0.3, 0.4) is 0 Å². The van der Waals surface area contributed by atoms with E-state index in [-0.39, 0.29) is 5.82 Å². The highest BCUT2D eigenvalue weighted by Crippen LogP contribution is 2.40. The molecule has 1 heterocycles. The van der Waals surface area contributed by atoms with Crippen LogP contribution in [-0.4, -0.2) is 15.4 Å². The van der Waals surface area contributed by atoms with Crippen molar-refractivity contribution in [3.8, 4) is 16.9 Å². The van der Waals surface area contributed by atoms with Crippen molar-refractivity contribution in [3.05, 3.63) is 66.5 Å². The van der Waals surface area contributed by atoms with Gasteiger partial charge >= 0.3 is 0 Å². The monoisotopic (exact) mass is 492 g/mol. The van der Waals surface area contributed by atoms with Crippen molar-refractivity contribution in [3.63, 3.8) is 0 Å². The van der Waals surface area contributed by atoms with Gasteiger partial charge in [-0.25, -0.2) is 4.39 Å². The summed E-state index contributed by atoms with van der Waals surface area (Å²) in [5.41, 5.74) is 3.44. The number of allylic oxidation sites excluding steroid dienone is 1. The zero-order valence-electron chi connectivity index (χ0n) is 21.8. The zero-order valence-corrected chi connectivity index (χ0v) is 23.0. The summed E-state index contributed by atoms with van der Waals surface area (Å²) in [6, 6.07) is 18.9. The van der Waals surface area contributed by atoms with E-state index in [1.165, 1.54) is 69.8 Å². The second-order valence-electron chi connectivity index (χ2n) is 11.1. The molecule has 1 saturated heterocycles. The smallest absolute Gasteiger partial charge is 0.165 e. The maximum absolute atomic E-state index is 14.3. The Balaban J connectivity index is 1.19. The molecule has 0 amide bonds. The van der Waals surface area contributed by atoms with Gasteiger partial charge < -0.3 is 4.74 Å². The van der Waals surface area contributed by atoms with Gasteiger partial charge in [0, 0.05) is 8.80 Å². The molecule has 35 heavy (non-hydrogen) atoms. The van der Waals surface area contributed by atoms with Crippen LogP contribution in [0.1, 0.15) is 82.6 Å². The normalized spacial score (nSPS) is 24.7. The largest absolute Gasteiger partial charge is 0.491 e. The molecule has 0 unspecified atom stereocenters. The number of hydrogen-bond donors (Lipinski definition) is 0. The molecule has 0 N–H and O–H groups in total. The molecule has 2 aromatic carbocycles. The van der Waals surface area contributed by atoms with Crippen molar-refractivity contribution < 1.29 is 9.13 Å². The summed E-state index contributed by atoms with van der Waals surface area (Å²) in [6.07, 6.45) is 16.2. The van der Waals surface area contributed by atoms with Crippen LogP contribution >= 0.6 is 0 Å². The average Bonchev–Trinajstić information content (AvgIpc) is 2.90. The standard InChI is InChI=1S/C32H45FOSi/c1-3-5-6-21-35-22-19-26(20-23-35)8-7-25-9-11-27(12-10-25)28-13-15-29(16-14-28)30-17-18-32(34-4-2)31(33)24-30/h3,13-18,24-27,35H,1,4-12,19-23H2,2H3/t25?,26-,27?,35-. The molecule has 1 aliphatic carbocycles. The van der Waals surface area contributed by atoms with Crippen molar-refractivity contribution in [2.45, 2.75) is 95.2 Å². The molecular weight excluding hydrogens is 447 g/mol. The van der Waals surface area contributed by atoms with Gasteiger partial charge in [0.05, 0.1) is 6.61 Å². The molecule has 190 valence electrons. The van der Waals surface area contributed by atoms with Gasteiger partial charge in [-0.2, -0.15) is 0 Å². The van der Waals surface area contributed by atoms with E-state index >= 15 is 0 Å². The second-order valence-corrected chi connectivity index (χ2v) is 14.6. The van der Waals surface area contributed by atoms with Crippen molar-refractivity contribution >= 4 is 8.80 Å². The SMILES string of the molecule is C=CCCC[Si@H]1CC[C@H](CCC2CCC(c3ccc(-c4ccc(OCC)c(F)c4)cc3)CC2)CC1. The topological polar surface area (TPSA) is 9.23 Å². The van der Waals surface area contributed by atoms with Crippen LogP contribution in [-0.2, 0) is 0 Å². The minimum atomic E-state index is -0.403. The third kappa shape index (κ3) is 7.55. The molecule has 0 spiro atoms. The lowest BCUT2D eigenvalue weighted by Gasteiger charge is -2.32. The molecule has 1 nitrogen and oxygen atoms in total. The quantitative estimate of drug-likeness (QED) is 0.172. The molecule has 1 saturated carbocycles. The predicted octanol–water partition coefficient (Wildman–Crippen LogP) is 9.55. The van der Waals surface area contributed by atoms with Crippen molar-refractivity contribution in [1.82, 2.24) is 0 Å². The minimum Gasteiger partial charge on any atom is -0.491 e. The van der Waals surface area contributed by atoms with Gasteiger partial charge in [-0.1, -0.05) is 86.6 Å². The summed E-state index contributed by atoms with van der Waals surface area (Å²) >= 11 is 0. The van der Waals surface area contributed by atoms with E-state index in [0.29, 0.717) is 18.3 Å². The van der Waals surface area contributed by atoms with Crippen LogP contribution in [0, 0.1) is 17.7 Å². The van der Waals surface area contributed by atoms with Gasteiger partial charge in [-0.05, 0) is 85.6 Å². The Kier molecular flexibility index (Phi) is 10.1. The van der Waals surface area contributed by atoms with Crippen LogP contribution < -0.4 is 4.74 Å². The highest BCUT2D eigenvalue weighted by atomic mass is 28.3. The Bertz CT molecular complexity index is 908. The van der Waals surface area contributed by atoms with E-state index in [0.717, 1.165) is 23.0 Å². The third-order valence-corrected chi connectivity index (χ3v) is 12.3. The van der Waals surface area contributed by atoms with Crippen LogP contribution in [0.25, 0.3) is 11.1 Å². The summed E-state index contributed by atoms with van der Waals surface area (Å²) in [5.74, 6) is 2.70. The van der Waals surface area contributed by atoms with Gasteiger partial charge in [0.1, 0.15) is 0 Å². The van der Waals surface area contributed by atoms with E-state index in [1.807, 2.05) is 13.0 Å². The highest BCUT2D eigenvalue weighted by molar-refractivity contribution is 6.58. The molecular formula is C32H45FOSi. The lowest BCUT2D eigenvalue weighted by molar-refractivity contribution is 0.280. The molecule has 3 heteroatoms.